The number of carbonyl (C=O) groups is 10. The molecule has 9 heterocycles. The van der Waals surface area contributed by atoms with Crippen molar-refractivity contribution in [3.63, 3.8) is 0 Å². The average Bonchev–Trinajstić information content (AvgIpc) is 0.767. The van der Waals surface area contributed by atoms with Crippen molar-refractivity contribution in [2.75, 3.05) is 26.4 Å². The lowest BCUT2D eigenvalue weighted by molar-refractivity contribution is -0.284. The topological polar surface area (TPSA) is 718 Å². The smallest absolute Gasteiger partial charge is 0.330 e. The molecule has 17 bridgehead atoms. The minimum atomic E-state index is -2.62. The molecule has 3 saturated heterocycles. The first-order valence-electron chi connectivity index (χ1n) is 45.3. The third-order valence-corrected chi connectivity index (χ3v) is 25.5. The molecule has 28 N–H and O–H groups in total. The minimum absolute atomic E-state index is 0.0752. The Labute approximate surface area is 812 Å². The van der Waals surface area contributed by atoms with Crippen LogP contribution in [-0.2, 0) is 73.3 Å². The molecule has 0 saturated carbocycles. The van der Waals surface area contributed by atoms with Gasteiger partial charge in [-0.05, 0) is 144 Å². The van der Waals surface area contributed by atoms with E-state index in [1.54, 1.807) is 0 Å². The number of rotatable bonds is 25. The van der Waals surface area contributed by atoms with Crippen molar-refractivity contribution >= 4 is 82.3 Å². The number of aromatic hydroxyl groups is 4. The second-order valence-corrected chi connectivity index (χ2v) is 36.4. The van der Waals surface area contributed by atoms with E-state index >= 15 is 28.8 Å². The second kappa shape index (κ2) is 45.1. The van der Waals surface area contributed by atoms with Crippen LogP contribution in [0.2, 0.25) is 10.0 Å². The summed E-state index contributed by atoms with van der Waals surface area (Å²) in [6.45, 7) is 2.16. The number of halogens is 2. The van der Waals surface area contributed by atoms with Crippen molar-refractivity contribution < 1.29 is 167 Å². The number of aliphatic hydroxyl groups is 10. The number of fused-ring (bicyclic) bond motifs is 14. The normalized spacial score (nSPS) is 28.0. The van der Waals surface area contributed by atoms with E-state index in [-0.39, 0.29) is 41.3 Å². The number of amides is 9. The van der Waals surface area contributed by atoms with Gasteiger partial charge in [0, 0.05) is 48.6 Å². The number of aliphatic hydroxyl groups excluding tert-OH is 10. The van der Waals surface area contributed by atoms with Crippen LogP contribution in [0.5, 0.6) is 69.0 Å². The third-order valence-electron chi connectivity index (χ3n) is 24.9. The first-order valence-corrected chi connectivity index (χ1v) is 46.1. The largest absolute Gasteiger partial charge is 0.508 e. The number of aliphatic carboxylic acids is 1. The fourth-order valence-corrected chi connectivity index (χ4v) is 18.0. The summed E-state index contributed by atoms with van der Waals surface area (Å²) in [6.07, 6.45) is -25.4. The molecule has 16 rings (SSSR count). The molecule has 45 nitrogen and oxygen atoms in total. The van der Waals surface area contributed by atoms with Gasteiger partial charge in [-0.25, -0.2) is 4.79 Å². The third kappa shape index (κ3) is 23.6. The van der Waals surface area contributed by atoms with Crippen LogP contribution in [0.4, 0.5) is 0 Å². The Bertz CT molecular complexity index is 5850. The van der Waals surface area contributed by atoms with E-state index in [0.717, 1.165) is 117 Å². The van der Waals surface area contributed by atoms with E-state index in [4.69, 9.17) is 77.3 Å². The number of benzene rings is 7. The van der Waals surface area contributed by atoms with E-state index in [2.05, 4.69) is 61.7 Å². The average molecular weight is 2010 g/mol. The summed E-state index contributed by atoms with van der Waals surface area (Å²) >= 11 is 14.8. The number of unbranched alkanes of at least 4 members (excludes halogenated alkanes) is 4. The van der Waals surface area contributed by atoms with Crippen LogP contribution in [0.1, 0.15) is 154 Å². The van der Waals surface area contributed by atoms with Crippen LogP contribution in [0.25, 0.3) is 11.1 Å². The zero-order chi connectivity index (χ0) is 102. The molecule has 9 amide bonds. The summed E-state index contributed by atoms with van der Waals surface area (Å²) in [5.41, 5.74) is 8.03. The van der Waals surface area contributed by atoms with Crippen molar-refractivity contribution in [3.05, 3.63) is 164 Å². The van der Waals surface area contributed by atoms with E-state index in [9.17, 15) is 95.8 Å². The summed E-state index contributed by atoms with van der Waals surface area (Å²) in [7, 11) is 0. The van der Waals surface area contributed by atoms with Crippen molar-refractivity contribution in [3.8, 4) is 80.1 Å². The molecular formula is C94H109Cl2N11O34. The number of hydrogen-bond acceptors (Lipinski definition) is 35. The maximum Gasteiger partial charge on any atom is 0.330 e. The number of carboxylic acid groups (broad SMARTS) is 1. The van der Waals surface area contributed by atoms with Crippen molar-refractivity contribution in [2.24, 2.45) is 17.4 Å². The molecule has 0 unspecified atom stereocenters. The van der Waals surface area contributed by atoms with Gasteiger partial charge in [0.1, 0.15) is 156 Å². The van der Waals surface area contributed by atoms with Crippen LogP contribution >= 0.6 is 23.2 Å². The van der Waals surface area contributed by atoms with Crippen LogP contribution in [-0.4, -0.2) is 272 Å². The number of carboxylic acids is 1. The molecular weight excluding hydrogens is 1900 g/mol. The van der Waals surface area contributed by atoms with Gasteiger partial charge in [0.2, 0.25) is 71.5 Å². The molecule has 24 atom stereocenters. The molecule has 7 aromatic rings. The predicted octanol–water partition coefficient (Wildman–Crippen LogP) is 0.633. The number of phenols is 4. The summed E-state index contributed by atoms with van der Waals surface area (Å²) < 4.78 is 57.8. The fourth-order valence-electron chi connectivity index (χ4n) is 17.5. The Balaban J connectivity index is 1.03. The molecule has 758 valence electrons. The van der Waals surface area contributed by atoms with Gasteiger partial charge < -0.3 is 179 Å². The van der Waals surface area contributed by atoms with Crippen molar-refractivity contribution in [1.82, 2.24) is 47.9 Å². The second-order valence-electron chi connectivity index (χ2n) is 35.5. The molecule has 9 aliphatic heterocycles. The van der Waals surface area contributed by atoms with E-state index < -0.39 is 339 Å². The zero-order valence-corrected chi connectivity index (χ0v) is 77.2. The van der Waals surface area contributed by atoms with Gasteiger partial charge in [-0.1, -0.05) is 93.4 Å². The standard InChI is InChI=1S/C94H109Cl2N11O34/c1-37(2)10-6-4-5-7-12-65(116)101-73-79(121)76(118)63(35-109)138-93(73)141-83-60-29-44-30-61(83)135-57-20-16-42(27-51(57)96)82(140-92-72(99-38(3)111)78(120)75(117)62(34-108)137-92)74-90(130)106-71(91(131)132)49-32-46(113)33-59(136-94-81(123)80(122)77(119)64(36-110)139-94)66(49)48-26-40(14-17-54(48)114)67(87(127)107-74)104-89(129)70(44)105-88(128)69-43-24-45(112)31-47(25-43)133-58-28-41(15-18-55(58)115)68(102-84(124)52(98)11-8-9-21-97)86(126)100-53(85(125)103-69)23-39-13-19-56(134-60)50(95)22-39/h13-20,22,24-33,37,52-53,62-64,67-82,92-94,108-110,112-115,117-123H,4-12,21,23,34-36,97-98H2,1-3H3,(H,99,111)(H,100,126)(H,101,116)(H,102,124)(H,103,125)(H,104,129)(H,105,128)(H,106,130)(H,107,127)(H,131,132)/t52-,53+,62+,63+,64+,67+,68-,69-,70+,71-,72+,73+,74-,75+,76+,77+,78+,79+,80-,81-,82+,92-,93-,94-/m0/s1. The molecule has 7 aromatic carbocycles. The zero-order valence-electron chi connectivity index (χ0n) is 75.7. The molecule has 0 aliphatic carbocycles. The molecule has 3 fully saturated rings. The number of carbonyl (C=O) groups excluding carboxylic acids is 9. The Hall–Kier alpha value is -12.6. The number of nitrogens with one attached hydrogen (secondary N) is 9. The highest BCUT2D eigenvalue weighted by atomic mass is 35.5. The number of ether oxygens (including phenoxy) is 9. The first kappa shape index (κ1) is 104. The summed E-state index contributed by atoms with van der Waals surface area (Å²) in [5, 5.41) is 194. The molecule has 47 heteroatoms. The van der Waals surface area contributed by atoms with Crippen LogP contribution in [0.3, 0.4) is 0 Å². The Morgan fingerprint density at radius 1 is 0.496 bits per heavy atom. The highest BCUT2D eigenvalue weighted by molar-refractivity contribution is 6.32. The van der Waals surface area contributed by atoms with Crippen molar-refractivity contribution in [2.45, 2.75) is 231 Å². The lowest BCUT2D eigenvalue weighted by Gasteiger charge is -2.44. The SMILES string of the molecule is CC(=O)N[C@H]1[C@H](O[C@@H]2c3ccc(c(Cl)c3)Oc3cc4cc(c3O[C@@H]3O[C@H](CO)[C@@H](O)[C@H](O)[C@H]3NC(=O)CCCCCCC(C)C)Oc3ccc(cc3Cl)C[C@H]3NC(=O)[C@@H](NC(=O)[C@@H](N)CCCCN)c5ccc(O)c(c5)Oc5cc(O)cc(c5)[C@H](NC3=O)C(=O)N[C@H]4C(=O)N[C@H]3C(=O)N[C@@H]2C(=O)N[C@H](C(=O)O)c2cc(O)cc(O[C@H]4O[C@H](CO)[C@@H](O)[C@H](O)[C@@H]4O)c2-c2cc3ccc2O)O[C@H](CO)[C@@H](O)[C@@H]1O. The first-order chi connectivity index (χ1) is 67.2. The van der Waals surface area contributed by atoms with Gasteiger partial charge in [0.25, 0.3) is 0 Å². The van der Waals surface area contributed by atoms with E-state index in [1.165, 1.54) is 24.3 Å². The van der Waals surface area contributed by atoms with Crippen LogP contribution in [0.15, 0.2) is 115 Å². The van der Waals surface area contributed by atoms with Crippen molar-refractivity contribution in [1.29, 1.82) is 0 Å². The van der Waals surface area contributed by atoms with Gasteiger partial charge in [0.15, 0.2) is 35.3 Å². The van der Waals surface area contributed by atoms with Gasteiger partial charge in [-0.15, -0.1) is 0 Å². The van der Waals surface area contributed by atoms with E-state index in [1.807, 2.05) is 0 Å². The van der Waals surface area contributed by atoms with Crippen LogP contribution in [0, 0.1) is 5.92 Å². The maximum absolute atomic E-state index is 17.2. The summed E-state index contributed by atoms with van der Waals surface area (Å²) in [4.78, 5) is 155. The molecule has 0 radical (unpaired) electrons. The van der Waals surface area contributed by atoms with Gasteiger partial charge in [-0.2, -0.15) is 0 Å². The molecule has 0 spiro atoms. The molecule has 0 aromatic heterocycles. The van der Waals surface area contributed by atoms with Gasteiger partial charge in [0.05, 0.1) is 35.9 Å². The lowest BCUT2D eigenvalue weighted by atomic mass is 9.89. The number of nitrogens with two attached hydrogens (primary N) is 2. The van der Waals surface area contributed by atoms with E-state index in [0.29, 0.717) is 31.6 Å². The Morgan fingerprint density at radius 2 is 1.06 bits per heavy atom. The lowest BCUT2D eigenvalue weighted by Crippen LogP contribution is -2.65. The number of hydrogen-bond donors (Lipinski definition) is 26. The van der Waals surface area contributed by atoms with Crippen LogP contribution < -0.4 is 83.0 Å². The number of phenolic OH excluding ortho intramolecular Hbond substituents is 4. The molecule has 141 heavy (non-hydrogen) atoms. The monoisotopic (exact) mass is 2010 g/mol. The Morgan fingerprint density at radius 3 is 1.69 bits per heavy atom. The quantitative estimate of drug-likeness (QED) is 0.0349. The predicted molar refractivity (Wildman–Crippen MR) is 488 cm³/mol. The minimum Gasteiger partial charge on any atom is -0.508 e. The molecule has 9 aliphatic rings. The maximum atomic E-state index is 17.2. The highest BCUT2D eigenvalue weighted by Gasteiger charge is 2.53. The summed E-state index contributed by atoms with van der Waals surface area (Å²) in [5.74, 6) is -20.8. The fraction of sp³-hybridized carbons (Fsp3) is 0.447. The van der Waals surface area contributed by atoms with Gasteiger partial charge >= 0.3 is 5.97 Å². The summed E-state index contributed by atoms with van der Waals surface area (Å²) in [6, 6.07) is -1.54. The highest BCUT2D eigenvalue weighted by Crippen LogP contribution is 2.51. The van der Waals surface area contributed by atoms with Gasteiger partial charge in [-0.3, -0.25) is 43.2 Å². The Kier molecular flexibility index (Phi) is 33.3.